The molecule has 1 fully saturated rings. The van der Waals surface area contributed by atoms with Gasteiger partial charge in [-0.2, -0.15) is 0 Å². The van der Waals surface area contributed by atoms with Gasteiger partial charge < -0.3 is 10.6 Å². The van der Waals surface area contributed by atoms with Gasteiger partial charge >= 0.3 is 0 Å². The van der Waals surface area contributed by atoms with E-state index in [9.17, 15) is 4.79 Å². The number of carbonyl (C=O) groups is 1. The molecule has 1 atom stereocenters. The Balaban J connectivity index is 0.00000225. The average molecular weight is 384 g/mol. The van der Waals surface area contributed by atoms with Gasteiger partial charge in [0.2, 0.25) is 5.82 Å². The third-order valence-corrected chi connectivity index (χ3v) is 4.49. The van der Waals surface area contributed by atoms with E-state index in [1.807, 2.05) is 32.0 Å². The van der Waals surface area contributed by atoms with Crippen LogP contribution >= 0.6 is 24.0 Å². The fraction of sp³-hybridized carbons (Fsp3) is 0.471. The second-order valence-electron chi connectivity index (χ2n) is 6.47. The highest BCUT2D eigenvalue weighted by Crippen LogP contribution is 2.24. The van der Waals surface area contributed by atoms with E-state index in [4.69, 9.17) is 17.3 Å². The Labute approximate surface area is 158 Å². The Morgan fingerprint density at radius 2 is 2.08 bits per heavy atom. The quantitative estimate of drug-likeness (QED) is 0.883. The monoisotopic (exact) mass is 383 g/mol. The largest absolute Gasteiger partial charge is 0.334 e. The fourth-order valence-corrected chi connectivity index (χ4v) is 3.14. The number of hydrogen-bond acceptors (Lipinski definition) is 4. The number of hydrogen-bond donors (Lipinski definition) is 1. The lowest BCUT2D eigenvalue weighted by Gasteiger charge is -2.29. The van der Waals surface area contributed by atoms with Crippen LogP contribution in [-0.2, 0) is 0 Å². The van der Waals surface area contributed by atoms with Crippen molar-refractivity contribution in [3.8, 4) is 5.69 Å². The lowest BCUT2D eigenvalue weighted by atomic mass is 10.1. The third kappa shape index (κ3) is 4.14. The first kappa shape index (κ1) is 19.7. The van der Waals surface area contributed by atoms with Crippen LogP contribution in [0.3, 0.4) is 0 Å². The minimum atomic E-state index is -0.169. The smallest absolute Gasteiger partial charge is 0.293 e. The van der Waals surface area contributed by atoms with E-state index in [1.165, 1.54) is 0 Å². The van der Waals surface area contributed by atoms with E-state index in [0.29, 0.717) is 23.9 Å². The first-order valence-corrected chi connectivity index (χ1v) is 8.62. The van der Waals surface area contributed by atoms with Crippen molar-refractivity contribution >= 4 is 29.9 Å². The van der Waals surface area contributed by atoms with E-state index in [0.717, 1.165) is 18.5 Å². The first-order valence-electron chi connectivity index (χ1n) is 8.24. The predicted molar refractivity (Wildman–Crippen MR) is 101 cm³/mol. The number of likely N-dealkylation sites (tertiary alicyclic amines) is 1. The zero-order valence-corrected chi connectivity index (χ0v) is 15.9. The van der Waals surface area contributed by atoms with Gasteiger partial charge in [-0.3, -0.25) is 4.79 Å². The number of aromatic nitrogens is 3. The van der Waals surface area contributed by atoms with Crippen LogP contribution in [0.15, 0.2) is 24.3 Å². The van der Waals surface area contributed by atoms with Crippen molar-refractivity contribution < 1.29 is 4.79 Å². The lowest BCUT2D eigenvalue weighted by Crippen LogP contribution is -2.46. The standard InChI is InChI=1S/C17H22ClN5O.ClH/c1-11(2)16-20-15(17(24)22-9-5-6-12(19)10-22)21-23(16)14-8-4-3-7-13(14)18;/h3-4,7-8,11-12H,5-6,9-10,19H2,1-2H3;1H. The summed E-state index contributed by atoms with van der Waals surface area (Å²) in [6, 6.07) is 7.44. The molecule has 1 aromatic carbocycles. The molecule has 0 bridgehead atoms. The molecule has 3 rings (SSSR count). The number of piperidine rings is 1. The second-order valence-corrected chi connectivity index (χ2v) is 6.87. The number of para-hydroxylation sites is 1. The molecule has 0 aliphatic carbocycles. The number of halogens is 2. The molecule has 2 aromatic rings. The molecule has 1 aliphatic heterocycles. The summed E-state index contributed by atoms with van der Waals surface area (Å²) in [4.78, 5) is 19.0. The molecule has 25 heavy (non-hydrogen) atoms. The van der Waals surface area contributed by atoms with E-state index in [-0.39, 0.29) is 36.1 Å². The summed E-state index contributed by atoms with van der Waals surface area (Å²) in [6.45, 7) is 5.28. The van der Waals surface area contributed by atoms with Gasteiger partial charge in [0.1, 0.15) is 5.82 Å². The van der Waals surface area contributed by atoms with Crippen LogP contribution in [0.5, 0.6) is 0 Å². The fourth-order valence-electron chi connectivity index (χ4n) is 2.93. The Bertz CT molecular complexity index is 746. The van der Waals surface area contributed by atoms with Crippen molar-refractivity contribution in [2.45, 2.75) is 38.6 Å². The van der Waals surface area contributed by atoms with Gasteiger partial charge in [0, 0.05) is 25.0 Å². The number of nitrogens with zero attached hydrogens (tertiary/aromatic N) is 4. The van der Waals surface area contributed by atoms with Crippen LogP contribution in [0, 0.1) is 0 Å². The summed E-state index contributed by atoms with van der Waals surface area (Å²) < 4.78 is 1.67. The number of benzene rings is 1. The van der Waals surface area contributed by atoms with Crippen molar-refractivity contribution in [3.63, 3.8) is 0 Å². The van der Waals surface area contributed by atoms with Crippen LogP contribution in [-0.4, -0.2) is 44.7 Å². The van der Waals surface area contributed by atoms with E-state index in [2.05, 4.69) is 10.1 Å². The zero-order valence-electron chi connectivity index (χ0n) is 14.4. The van der Waals surface area contributed by atoms with Crippen molar-refractivity contribution in [1.29, 1.82) is 0 Å². The Morgan fingerprint density at radius 1 is 1.36 bits per heavy atom. The molecule has 2 heterocycles. The minimum absolute atomic E-state index is 0. The maximum Gasteiger partial charge on any atom is 0.293 e. The van der Waals surface area contributed by atoms with Crippen LogP contribution in [0.4, 0.5) is 0 Å². The summed E-state index contributed by atoms with van der Waals surface area (Å²) in [6.07, 6.45) is 1.86. The van der Waals surface area contributed by atoms with Gasteiger partial charge in [-0.25, -0.2) is 9.67 Å². The van der Waals surface area contributed by atoms with Crippen LogP contribution < -0.4 is 5.73 Å². The molecule has 8 heteroatoms. The molecule has 0 radical (unpaired) electrons. The van der Waals surface area contributed by atoms with Gasteiger partial charge in [0.05, 0.1) is 10.7 Å². The molecule has 6 nitrogen and oxygen atoms in total. The Hall–Kier alpha value is -1.63. The SMILES string of the molecule is CC(C)c1nc(C(=O)N2CCCC(N)C2)nn1-c1ccccc1Cl.Cl. The van der Waals surface area contributed by atoms with Crippen LogP contribution in [0.2, 0.25) is 5.02 Å². The summed E-state index contributed by atoms with van der Waals surface area (Å²) in [5.41, 5.74) is 6.70. The molecule has 1 aromatic heterocycles. The number of carbonyl (C=O) groups excluding carboxylic acids is 1. The molecule has 0 saturated carbocycles. The van der Waals surface area contributed by atoms with Gasteiger partial charge in [-0.05, 0) is 25.0 Å². The van der Waals surface area contributed by atoms with Crippen LogP contribution in [0.25, 0.3) is 5.69 Å². The molecule has 0 spiro atoms. The highest BCUT2D eigenvalue weighted by Gasteiger charge is 2.27. The molecular formula is C17H23Cl2N5O. The summed E-state index contributed by atoms with van der Waals surface area (Å²) in [5.74, 6) is 0.859. The van der Waals surface area contributed by atoms with Crippen molar-refractivity contribution in [2.75, 3.05) is 13.1 Å². The maximum absolute atomic E-state index is 12.7. The molecule has 1 saturated heterocycles. The normalized spacial score (nSPS) is 17.5. The van der Waals surface area contributed by atoms with Gasteiger partial charge in [0.25, 0.3) is 5.91 Å². The van der Waals surface area contributed by atoms with Crippen molar-refractivity contribution in [2.24, 2.45) is 5.73 Å². The van der Waals surface area contributed by atoms with E-state index >= 15 is 0 Å². The Kier molecular flexibility index (Phi) is 6.43. The van der Waals surface area contributed by atoms with Gasteiger partial charge in [-0.15, -0.1) is 17.5 Å². The van der Waals surface area contributed by atoms with E-state index in [1.54, 1.807) is 15.6 Å². The molecule has 1 aliphatic rings. The van der Waals surface area contributed by atoms with Crippen LogP contribution in [0.1, 0.15) is 49.1 Å². The van der Waals surface area contributed by atoms with Gasteiger partial charge in [-0.1, -0.05) is 37.6 Å². The summed E-state index contributed by atoms with van der Waals surface area (Å²) >= 11 is 6.29. The van der Waals surface area contributed by atoms with Crippen molar-refractivity contribution in [3.05, 3.63) is 40.9 Å². The van der Waals surface area contributed by atoms with E-state index < -0.39 is 0 Å². The number of nitrogens with two attached hydrogens (primary N) is 1. The molecular weight excluding hydrogens is 361 g/mol. The second kappa shape index (κ2) is 8.17. The average Bonchev–Trinajstić information content (AvgIpc) is 3.00. The molecule has 1 amide bonds. The topological polar surface area (TPSA) is 77.0 Å². The third-order valence-electron chi connectivity index (χ3n) is 4.17. The maximum atomic E-state index is 12.7. The van der Waals surface area contributed by atoms with Crippen molar-refractivity contribution in [1.82, 2.24) is 19.7 Å². The summed E-state index contributed by atoms with van der Waals surface area (Å²) in [7, 11) is 0. The van der Waals surface area contributed by atoms with Gasteiger partial charge in [0.15, 0.2) is 0 Å². The number of amides is 1. The molecule has 136 valence electrons. The Morgan fingerprint density at radius 3 is 2.72 bits per heavy atom. The highest BCUT2D eigenvalue weighted by molar-refractivity contribution is 6.32. The molecule has 2 N–H and O–H groups in total. The minimum Gasteiger partial charge on any atom is -0.334 e. The molecule has 1 unspecified atom stereocenters. The zero-order chi connectivity index (χ0) is 17.3. The number of rotatable bonds is 3. The summed E-state index contributed by atoms with van der Waals surface area (Å²) in [5, 5.41) is 5.02. The lowest BCUT2D eigenvalue weighted by molar-refractivity contribution is 0.0696. The predicted octanol–water partition coefficient (Wildman–Crippen LogP) is 3.03. The highest BCUT2D eigenvalue weighted by atomic mass is 35.5. The first-order chi connectivity index (χ1) is 11.5.